The third-order valence-electron chi connectivity index (χ3n) is 8.18. The molecule has 0 aromatic heterocycles. The average Bonchev–Trinajstić information content (AvgIpc) is 2.99. The van der Waals surface area contributed by atoms with Crippen molar-refractivity contribution in [2.45, 2.75) is 63.4 Å². The van der Waals surface area contributed by atoms with E-state index >= 15 is 0 Å². The summed E-state index contributed by atoms with van der Waals surface area (Å²) in [5.41, 5.74) is 1.60. The van der Waals surface area contributed by atoms with Crippen molar-refractivity contribution in [3.63, 3.8) is 0 Å². The van der Waals surface area contributed by atoms with Crippen molar-refractivity contribution in [3.8, 4) is 0 Å². The van der Waals surface area contributed by atoms with Gasteiger partial charge in [-0.2, -0.15) is 0 Å². The molecule has 236 valence electrons. The molecule has 0 unspecified atom stereocenters. The largest absolute Gasteiger partial charge is 0.444 e. The summed E-state index contributed by atoms with van der Waals surface area (Å²) >= 11 is 12.5. The van der Waals surface area contributed by atoms with Crippen molar-refractivity contribution in [1.82, 2.24) is 15.5 Å². The van der Waals surface area contributed by atoms with Crippen LogP contribution in [0.3, 0.4) is 0 Å². The number of piperidine rings is 1. The second kappa shape index (κ2) is 15.2. The first-order chi connectivity index (χ1) is 20.9. The minimum atomic E-state index is -0.661. The van der Waals surface area contributed by atoms with E-state index in [1.54, 1.807) is 32.9 Å². The predicted octanol–water partition coefficient (Wildman–Crippen LogP) is 7.72. The Balaban J connectivity index is 1.48. The zero-order valence-corrected chi connectivity index (χ0v) is 27.2. The van der Waals surface area contributed by atoms with E-state index < -0.39 is 17.1 Å². The van der Waals surface area contributed by atoms with Gasteiger partial charge in [-0.25, -0.2) is 9.18 Å². The summed E-state index contributed by atoms with van der Waals surface area (Å²) in [6.45, 7) is 8.09. The number of alkyl carbamates (subject to hydrolysis) is 1. The molecular weight excluding hydrogens is 600 g/mol. The molecule has 0 radical (unpaired) electrons. The van der Waals surface area contributed by atoms with E-state index in [9.17, 15) is 14.0 Å². The Bertz CT molecular complexity index is 1340. The topological polar surface area (TPSA) is 70.7 Å². The first-order valence-corrected chi connectivity index (χ1v) is 15.9. The van der Waals surface area contributed by atoms with Gasteiger partial charge in [0.15, 0.2) is 0 Å². The van der Waals surface area contributed by atoms with E-state index in [0.29, 0.717) is 16.6 Å². The summed E-state index contributed by atoms with van der Waals surface area (Å²) in [6.07, 6.45) is 2.79. The molecule has 9 heteroatoms. The Kier molecular flexibility index (Phi) is 11.7. The highest BCUT2D eigenvalue weighted by molar-refractivity contribution is 6.30. The molecule has 1 aliphatic heterocycles. The van der Waals surface area contributed by atoms with Crippen LogP contribution in [0.4, 0.5) is 9.18 Å². The smallest absolute Gasteiger partial charge is 0.408 e. The fourth-order valence-electron chi connectivity index (χ4n) is 5.94. The number of hydrogen-bond acceptors (Lipinski definition) is 4. The van der Waals surface area contributed by atoms with Crippen LogP contribution in [0.15, 0.2) is 72.8 Å². The summed E-state index contributed by atoms with van der Waals surface area (Å²) in [4.78, 5) is 27.5. The maximum absolute atomic E-state index is 14.4. The van der Waals surface area contributed by atoms with E-state index in [2.05, 4.69) is 15.5 Å². The Morgan fingerprint density at radius 1 is 0.886 bits per heavy atom. The van der Waals surface area contributed by atoms with Gasteiger partial charge in [0.05, 0.1) is 6.54 Å². The SMILES string of the molecule is CC(C)(C)OC(=O)NCC(=O)NCC(CCCN1CCC(c2ccccc2F)CC1)(c1ccc(Cl)cc1)c1ccc(Cl)cc1. The molecule has 0 atom stereocenters. The van der Waals surface area contributed by atoms with Crippen molar-refractivity contribution < 1.29 is 18.7 Å². The third kappa shape index (κ3) is 9.43. The Morgan fingerprint density at radius 2 is 1.45 bits per heavy atom. The number of likely N-dealkylation sites (tertiary alicyclic amines) is 1. The number of amides is 2. The molecular formula is C35H42Cl2FN3O3. The van der Waals surface area contributed by atoms with Gasteiger partial charge in [0, 0.05) is 22.0 Å². The molecule has 2 amide bonds. The zero-order chi connectivity index (χ0) is 31.7. The molecule has 44 heavy (non-hydrogen) atoms. The van der Waals surface area contributed by atoms with E-state index in [1.807, 2.05) is 60.7 Å². The number of nitrogens with one attached hydrogen (secondary N) is 2. The van der Waals surface area contributed by atoms with E-state index in [0.717, 1.165) is 62.0 Å². The maximum atomic E-state index is 14.4. The molecule has 1 fully saturated rings. The normalized spacial score (nSPS) is 14.7. The van der Waals surface area contributed by atoms with Crippen LogP contribution in [-0.2, 0) is 14.9 Å². The van der Waals surface area contributed by atoms with Gasteiger partial charge in [0.25, 0.3) is 0 Å². The summed E-state index contributed by atoms with van der Waals surface area (Å²) in [6, 6.07) is 22.5. The summed E-state index contributed by atoms with van der Waals surface area (Å²) < 4.78 is 19.6. The van der Waals surface area contributed by atoms with Crippen LogP contribution >= 0.6 is 23.2 Å². The predicted molar refractivity (Wildman–Crippen MR) is 175 cm³/mol. The standard InChI is InChI=1S/C35H42Cl2FN3O3/c1-34(2,3)44-33(43)39-23-32(42)40-24-35(26-9-13-28(36)14-10-26,27-11-15-29(37)16-12-27)19-6-20-41-21-17-25(18-22-41)30-7-4-5-8-31(30)38/h4-5,7-16,25H,6,17-24H2,1-3H3,(H,39,43)(H,40,42). The second-order valence-corrected chi connectivity index (χ2v) is 13.3. The lowest BCUT2D eigenvalue weighted by molar-refractivity contribution is -0.120. The number of nitrogens with zero attached hydrogens (tertiary/aromatic N) is 1. The van der Waals surface area contributed by atoms with Crippen LogP contribution in [-0.4, -0.2) is 55.2 Å². The van der Waals surface area contributed by atoms with Gasteiger partial charge in [0.2, 0.25) is 5.91 Å². The fourth-order valence-corrected chi connectivity index (χ4v) is 6.19. The van der Waals surface area contributed by atoms with Crippen LogP contribution in [0.25, 0.3) is 0 Å². The molecule has 4 rings (SSSR count). The Morgan fingerprint density at radius 3 is 2.00 bits per heavy atom. The minimum absolute atomic E-state index is 0.120. The quantitative estimate of drug-likeness (QED) is 0.225. The van der Waals surface area contributed by atoms with Crippen molar-refractivity contribution >= 4 is 35.2 Å². The molecule has 2 N–H and O–H groups in total. The van der Waals surface area contributed by atoms with Crippen LogP contribution in [0.5, 0.6) is 0 Å². The first-order valence-electron chi connectivity index (χ1n) is 15.2. The maximum Gasteiger partial charge on any atom is 0.408 e. The van der Waals surface area contributed by atoms with Crippen molar-refractivity contribution in [2.75, 3.05) is 32.7 Å². The van der Waals surface area contributed by atoms with Crippen LogP contribution in [0, 0.1) is 5.82 Å². The lowest BCUT2D eigenvalue weighted by Gasteiger charge is -2.37. The molecule has 0 saturated carbocycles. The highest BCUT2D eigenvalue weighted by atomic mass is 35.5. The van der Waals surface area contributed by atoms with Crippen molar-refractivity contribution in [2.24, 2.45) is 0 Å². The monoisotopic (exact) mass is 641 g/mol. The molecule has 1 aliphatic rings. The third-order valence-corrected chi connectivity index (χ3v) is 8.69. The number of halogens is 3. The number of ether oxygens (including phenoxy) is 1. The highest BCUT2D eigenvalue weighted by Crippen LogP contribution is 2.38. The number of hydrogen-bond donors (Lipinski definition) is 2. The lowest BCUT2D eigenvalue weighted by Crippen LogP contribution is -2.46. The van der Waals surface area contributed by atoms with Crippen molar-refractivity contribution in [1.29, 1.82) is 0 Å². The molecule has 0 aliphatic carbocycles. The van der Waals surface area contributed by atoms with Crippen LogP contribution in [0.1, 0.15) is 69.1 Å². The molecule has 0 spiro atoms. The molecule has 6 nitrogen and oxygen atoms in total. The average molecular weight is 643 g/mol. The number of carbonyl (C=O) groups is 2. The van der Waals surface area contributed by atoms with Gasteiger partial charge in [-0.05, 0) is 119 Å². The van der Waals surface area contributed by atoms with Gasteiger partial charge in [-0.3, -0.25) is 4.79 Å². The molecule has 1 heterocycles. The van der Waals surface area contributed by atoms with Gasteiger partial charge < -0.3 is 20.3 Å². The molecule has 3 aromatic carbocycles. The fraction of sp³-hybridized carbons (Fsp3) is 0.429. The Hall–Kier alpha value is -3.13. The van der Waals surface area contributed by atoms with Crippen molar-refractivity contribution in [3.05, 3.63) is 105 Å². The zero-order valence-electron chi connectivity index (χ0n) is 25.7. The lowest BCUT2D eigenvalue weighted by atomic mass is 9.71. The van der Waals surface area contributed by atoms with Gasteiger partial charge >= 0.3 is 6.09 Å². The highest BCUT2D eigenvalue weighted by Gasteiger charge is 2.35. The molecule has 0 bridgehead atoms. The number of carbonyl (C=O) groups excluding carboxylic acids is 2. The molecule has 3 aromatic rings. The minimum Gasteiger partial charge on any atom is -0.444 e. The number of benzene rings is 3. The Labute approximate surface area is 270 Å². The summed E-state index contributed by atoms with van der Waals surface area (Å²) in [5, 5.41) is 6.85. The summed E-state index contributed by atoms with van der Waals surface area (Å²) in [7, 11) is 0. The van der Waals surface area contributed by atoms with Crippen LogP contribution < -0.4 is 10.6 Å². The molecule has 1 saturated heterocycles. The van der Waals surface area contributed by atoms with E-state index in [-0.39, 0.29) is 24.2 Å². The van der Waals surface area contributed by atoms with Gasteiger partial charge in [-0.15, -0.1) is 0 Å². The van der Waals surface area contributed by atoms with E-state index in [4.69, 9.17) is 27.9 Å². The first kappa shape index (κ1) is 33.8. The van der Waals surface area contributed by atoms with Crippen LogP contribution in [0.2, 0.25) is 10.0 Å². The van der Waals surface area contributed by atoms with E-state index in [1.165, 1.54) is 0 Å². The van der Waals surface area contributed by atoms with Gasteiger partial charge in [0.1, 0.15) is 11.4 Å². The number of rotatable bonds is 11. The summed E-state index contributed by atoms with van der Waals surface area (Å²) in [5.74, 6) is -0.206. The van der Waals surface area contributed by atoms with Gasteiger partial charge in [-0.1, -0.05) is 65.7 Å². The second-order valence-electron chi connectivity index (χ2n) is 12.5.